The van der Waals surface area contributed by atoms with E-state index in [2.05, 4.69) is 24.3 Å². The molecule has 0 atom stereocenters. The molecule has 0 aromatic heterocycles. The zero-order chi connectivity index (χ0) is 18.3. The van der Waals surface area contributed by atoms with E-state index in [-0.39, 0.29) is 12.4 Å². The summed E-state index contributed by atoms with van der Waals surface area (Å²) in [6.45, 7) is 3.53. The molecule has 0 aliphatic heterocycles. The zero-order valence-corrected chi connectivity index (χ0v) is 15.1. The van der Waals surface area contributed by atoms with Crippen LogP contribution in [0.3, 0.4) is 0 Å². The third kappa shape index (κ3) is 6.73. The number of aliphatic hydroxyl groups is 2. The topological polar surface area (TPSA) is 60.7 Å². The first-order valence-corrected chi connectivity index (χ1v) is 8.79. The van der Waals surface area contributed by atoms with E-state index in [1.807, 2.05) is 32.1 Å². The summed E-state index contributed by atoms with van der Waals surface area (Å²) >= 11 is 0. The van der Waals surface area contributed by atoms with Crippen LogP contribution in [0.5, 0.6) is 5.75 Å². The van der Waals surface area contributed by atoms with Gasteiger partial charge in [-0.2, -0.15) is 0 Å². The lowest BCUT2D eigenvalue weighted by molar-refractivity contribution is 0.0682. The van der Waals surface area contributed by atoms with Gasteiger partial charge in [0, 0.05) is 5.56 Å². The lowest BCUT2D eigenvalue weighted by atomic mass is 9.98. The van der Waals surface area contributed by atoms with Crippen LogP contribution in [0.2, 0.25) is 0 Å². The van der Waals surface area contributed by atoms with Crippen molar-refractivity contribution < 1.29 is 15.3 Å². The van der Waals surface area contributed by atoms with Crippen LogP contribution in [-0.2, 0) is 13.0 Å². The molecule has 0 radical (unpaired) electrons. The van der Waals surface area contributed by atoms with E-state index >= 15 is 0 Å². The SMILES string of the molecule is CC(C)(O)CCCCc1ccc(/C=C/c2ccc(O)c(CO)c2)cc1. The summed E-state index contributed by atoms with van der Waals surface area (Å²) in [5, 5.41) is 28.5. The second kappa shape index (κ2) is 8.84. The van der Waals surface area contributed by atoms with Gasteiger partial charge >= 0.3 is 0 Å². The monoisotopic (exact) mass is 340 g/mol. The predicted molar refractivity (Wildman–Crippen MR) is 103 cm³/mol. The van der Waals surface area contributed by atoms with Gasteiger partial charge in [-0.1, -0.05) is 48.9 Å². The molecule has 3 N–H and O–H groups in total. The maximum atomic E-state index is 9.72. The highest BCUT2D eigenvalue weighted by Crippen LogP contribution is 2.20. The fourth-order valence-electron chi connectivity index (χ4n) is 2.71. The average Bonchev–Trinajstić information content (AvgIpc) is 2.58. The maximum Gasteiger partial charge on any atom is 0.121 e. The predicted octanol–water partition coefficient (Wildman–Crippen LogP) is 4.54. The van der Waals surface area contributed by atoms with E-state index in [0.717, 1.165) is 36.8 Å². The second-order valence-electron chi connectivity index (χ2n) is 7.14. The van der Waals surface area contributed by atoms with Crippen molar-refractivity contribution in [2.24, 2.45) is 0 Å². The molecule has 0 aliphatic carbocycles. The molecule has 0 amide bonds. The number of phenols is 1. The number of rotatable bonds is 8. The quantitative estimate of drug-likeness (QED) is 0.488. The van der Waals surface area contributed by atoms with E-state index < -0.39 is 5.60 Å². The van der Waals surface area contributed by atoms with Gasteiger partial charge in [0.25, 0.3) is 0 Å². The standard InChI is InChI=1S/C22H28O3/c1-22(2,25)14-4-3-5-17-6-8-18(9-7-17)10-11-19-12-13-21(24)20(15-19)16-23/h6-13,15,23-25H,3-5,14,16H2,1-2H3/b11-10+. The summed E-state index contributed by atoms with van der Waals surface area (Å²) < 4.78 is 0. The van der Waals surface area contributed by atoms with Crippen molar-refractivity contribution >= 4 is 12.2 Å². The van der Waals surface area contributed by atoms with E-state index in [1.54, 1.807) is 12.1 Å². The molecular formula is C22H28O3. The van der Waals surface area contributed by atoms with E-state index in [4.69, 9.17) is 0 Å². The molecule has 0 saturated carbocycles. The number of unbranched alkanes of at least 4 members (excludes halogenated alkanes) is 1. The fourth-order valence-corrected chi connectivity index (χ4v) is 2.71. The van der Waals surface area contributed by atoms with Crippen molar-refractivity contribution in [2.45, 2.75) is 51.7 Å². The minimum atomic E-state index is -0.571. The van der Waals surface area contributed by atoms with E-state index in [9.17, 15) is 15.3 Å². The highest BCUT2D eigenvalue weighted by atomic mass is 16.3. The lowest BCUT2D eigenvalue weighted by Crippen LogP contribution is -2.17. The van der Waals surface area contributed by atoms with Crippen molar-refractivity contribution in [3.8, 4) is 5.75 Å². The van der Waals surface area contributed by atoms with Crippen molar-refractivity contribution in [2.75, 3.05) is 0 Å². The summed E-state index contributed by atoms with van der Waals surface area (Å²) in [6.07, 6.45) is 7.95. The van der Waals surface area contributed by atoms with Gasteiger partial charge in [0.2, 0.25) is 0 Å². The van der Waals surface area contributed by atoms with Gasteiger partial charge < -0.3 is 15.3 Å². The molecule has 3 nitrogen and oxygen atoms in total. The van der Waals surface area contributed by atoms with Crippen molar-refractivity contribution in [1.29, 1.82) is 0 Å². The Bertz CT molecular complexity index is 694. The number of aryl methyl sites for hydroxylation is 1. The second-order valence-corrected chi connectivity index (χ2v) is 7.14. The van der Waals surface area contributed by atoms with E-state index in [0.29, 0.717) is 5.56 Å². The molecule has 0 heterocycles. The molecule has 0 saturated heterocycles. The lowest BCUT2D eigenvalue weighted by Gasteiger charge is -2.16. The van der Waals surface area contributed by atoms with Crippen LogP contribution in [0, 0.1) is 0 Å². The third-order valence-electron chi connectivity index (χ3n) is 4.23. The largest absolute Gasteiger partial charge is 0.508 e. The van der Waals surface area contributed by atoms with Crippen LogP contribution < -0.4 is 0 Å². The Labute approximate surface area is 150 Å². The Morgan fingerprint density at radius 2 is 1.56 bits per heavy atom. The Balaban J connectivity index is 1.89. The number of hydrogen-bond acceptors (Lipinski definition) is 3. The summed E-state index contributed by atoms with van der Waals surface area (Å²) in [7, 11) is 0. The first-order chi connectivity index (χ1) is 11.9. The van der Waals surface area contributed by atoms with Gasteiger partial charge in [-0.3, -0.25) is 0 Å². The van der Waals surface area contributed by atoms with Crippen LogP contribution in [-0.4, -0.2) is 20.9 Å². The molecule has 2 rings (SSSR count). The molecule has 0 bridgehead atoms. The van der Waals surface area contributed by atoms with Crippen molar-refractivity contribution in [3.05, 3.63) is 64.7 Å². The van der Waals surface area contributed by atoms with Crippen LogP contribution in [0.4, 0.5) is 0 Å². The number of hydrogen-bond donors (Lipinski definition) is 3. The summed E-state index contributed by atoms with van der Waals surface area (Å²) in [6, 6.07) is 13.7. The van der Waals surface area contributed by atoms with Crippen molar-refractivity contribution in [3.63, 3.8) is 0 Å². The van der Waals surface area contributed by atoms with Gasteiger partial charge in [0.15, 0.2) is 0 Å². The summed E-state index contributed by atoms with van der Waals surface area (Å²) in [4.78, 5) is 0. The smallest absolute Gasteiger partial charge is 0.121 e. The van der Waals surface area contributed by atoms with Gasteiger partial charge in [0.1, 0.15) is 5.75 Å². The third-order valence-corrected chi connectivity index (χ3v) is 4.23. The first-order valence-electron chi connectivity index (χ1n) is 8.79. The molecule has 0 spiro atoms. The number of aromatic hydroxyl groups is 1. The molecule has 25 heavy (non-hydrogen) atoms. The minimum Gasteiger partial charge on any atom is -0.508 e. The van der Waals surface area contributed by atoms with Gasteiger partial charge in [-0.25, -0.2) is 0 Å². The Morgan fingerprint density at radius 3 is 2.20 bits per heavy atom. The van der Waals surface area contributed by atoms with Crippen LogP contribution in [0.15, 0.2) is 42.5 Å². The van der Waals surface area contributed by atoms with Gasteiger partial charge in [-0.15, -0.1) is 0 Å². The van der Waals surface area contributed by atoms with Crippen LogP contribution in [0.25, 0.3) is 12.2 Å². The fraction of sp³-hybridized carbons (Fsp3) is 0.364. The van der Waals surface area contributed by atoms with Crippen LogP contribution in [0.1, 0.15) is 55.4 Å². The minimum absolute atomic E-state index is 0.119. The molecule has 2 aromatic carbocycles. The highest BCUT2D eigenvalue weighted by Gasteiger charge is 2.10. The molecule has 3 heteroatoms. The van der Waals surface area contributed by atoms with E-state index in [1.165, 1.54) is 5.56 Å². The molecular weight excluding hydrogens is 312 g/mol. The Kier molecular flexibility index (Phi) is 6.80. The molecule has 2 aromatic rings. The molecule has 0 aliphatic rings. The van der Waals surface area contributed by atoms with Crippen LogP contribution >= 0.6 is 0 Å². The normalized spacial score (nSPS) is 12.0. The average molecular weight is 340 g/mol. The Hall–Kier alpha value is -2.10. The van der Waals surface area contributed by atoms with Crippen molar-refractivity contribution in [1.82, 2.24) is 0 Å². The Morgan fingerprint density at radius 1 is 0.920 bits per heavy atom. The number of aliphatic hydroxyl groups excluding tert-OH is 1. The first kappa shape index (κ1) is 19.2. The summed E-state index contributed by atoms with van der Waals surface area (Å²) in [5.41, 5.74) is 3.32. The molecule has 134 valence electrons. The maximum absolute atomic E-state index is 9.72. The zero-order valence-electron chi connectivity index (χ0n) is 15.1. The highest BCUT2D eigenvalue weighted by molar-refractivity contribution is 5.70. The number of benzene rings is 2. The summed E-state index contributed by atoms with van der Waals surface area (Å²) in [5.74, 6) is 0.119. The molecule has 0 unspecified atom stereocenters. The van der Waals surface area contributed by atoms with Gasteiger partial charge in [0.05, 0.1) is 12.2 Å². The molecule has 0 fully saturated rings. The van der Waals surface area contributed by atoms with Gasteiger partial charge in [-0.05, 0) is 61.9 Å².